The Bertz CT molecular complexity index is 837. The van der Waals surface area contributed by atoms with Gasteiger partial charge in [-0.1, -0.05) is 66.7 Å². The molecular weight excluding hydrogens is 282 g/mol. The van der Waals surface area contributed by atoms with Crippen LogP contribution in [-0.2, 0) is 4.79 Å². The maximum Gasteiger partial charge on any atom is 0.244 e. The van der Waals surface area contributed by atoms with Crippen molar-refractivity contribution in [3.05, 3.63) is 90.0 Å². The molecule has 0 spiro atoms. The summed E-state index contributed by atoms with van der Waals surface area (Å²) in [5.74, 6) is -0.0884. The summed E-state index contributed by atoms with van der Waals surface area (Å²) in [5, 5.41) is 5.40. The molecule has 0 heterocycles. The van der Waals surface area contributed by atoms with E-state index >= 15 is 0 Å². The van der Waals surface area contributed by atoms with E-state index in [2.05, 4.69) is 35.6 Å². The van der Waals surface area contributed by atoms with Crippen LogP contribution in [0.2, 0.25) is 0 Å². The molecule has 2 nitrogen and oxygen atoms in total. The Labute approximate surface area is 136 Å². The molecule has 0 aliphatic carbocycles. The Kier molecular flexibility index (Phi) is 4.53. The van der Waals surface area contributed by atoms with Crippen molar-refractivity contribution in [1.82, 2.24) is 5.32 Å². The molecule has 2 heteroatoms. The smallest absolute Gasteiger partial charge is 0.244 e. The normalized spacial score (nSPS) is 12.4. The Morgan fingerprint density at radius 3 is 2.39 bits per heavy atom. The summed E-state index contributed by atoms with van der Waals surface area (Å²) in [5.41, 5.74) is 2.12. The summed E-state index contributed by atoms with van der Waals surface area (Å²) in [6.07, 6.45) is 3.40. The third-order valence-corrected chi connectivity index (χ3v) is 3.86. The van der Waals surface area contributed by atoms with Crippen molar-refractivity contribution in [2.75, 3.05) is 0 Å². The second-order valence-corrected chi connectivity index (χ2v) is 5.58. The van der Waals surface area contributed by atoms with Gasteiger partial charge in [-0.05, 0) is 41.0 Å². The second-order valence-electron chi connectivity index (χ2n) is 5.58. The van der Waals surface area contributed by atoms with Crippen molar-refractivity contribution < 1.29 is 4.79 Å². The van der Waals surface area contributed by atoms with E-state index in [9.17, 15) is 4.79 Å². The molecule has 0 saturated carbocycles. The lowest BCUT2D eigenvalue weighted by Crippen LogP contribution is -2.24. The molecular formula is C21H19NO. The van der Waals surface area contributed by atoms with Crippen molar-refractivity contribution in [2.45, 2.75) is 13.0 Å². The Balaban J connectivity index is 1.68. The highest BCUT2D eigenvalue weighted by molar-refractivity contribution is 5.92. The zero-order chi connectivity index (χ0) is 16.1. The Hall–Kier alpha value is -2.87. The van der Waals surface area contributed by atoms with Crippen LogP contribution in [0.3, 0.4) is 0 Å². The van der Waals surface area contributed by atoms with E-state index in [1.807, 2.05) is 55.5 Å². The number of carbonyl (C=O) groups is 1. The predicted octanol–water partition coefficient (Wildman–Crippen LogP) is 4.73. The molecule has 3 rings (SSSR count). The van der Waals surface area contributed by atoms with Crippen molar-refractivity contribution >= 4 is 22.8 Å². The fourth-order valence-corrected chi connectivity index (χ4v) is 2.56. The lowest BCUT2D eigenvalue weighted by molar-refractivity contribution is -0.117. The van der Waals surface area contributed by atoms with Crippen LogP contribution in [0.1, 0.15) is 24.1 Å². The van der Waals surface area contributed by atoms with Gasteiger partial charge in [0.1, 0.15) is 0 Å². The molecule has 1 atom stereocenters. The SMILES string of the molecule is CC(NC(=O)/C=C/c1ccccc1)c1ccc2ccccc2c1. The third kappa shape index (κ3) is 3.86. The summed E-state index contributed by atoms with van der Waals surface area (Å²) in [6.45, 7) is 2.00. The molecule has 23 heavy (non-hydrogen) atoms. The fourth-order valence-electron chi connectivity index (χ4n) is 2.56. The average Bonchev–Trinajstić information content (AvgIpc) is 2.60. The molecule has 3 aromatic carbocycles. The minimum absolute atomic E-state index is 0.0347. The summed E-state index contributed by atoms with van der Waals surface area (Å²) >= 11 is 0. The zero-order valence-corrected chi connectivity index (χ0v) is 13.1. The first-order valence-electron chi connectivity index (χ1n) is 7.75. The van der Waals surface area contributed by atoms with Crippen LogP contribution in [0.25, 0.3) is 16.8 Å². The van der Waals surface area contributed by atoms with Gasteiger partial charge < -0.3 is 5.32 Å². The second kappa shape index (κ2) is 6.93. The van der Waals surface area contributed by atoms with Crippen molar-refractivity contribution in [2.24, 2.45) is 0 Å². The third-order valence-electron chi connectivity index (χ3n) is 3.86. The first-order valence-corrected chi connectivity index (χ1v) is 7.75. The summed E-state index contributed by atoms with van der Waals surface area (Å²) in [6, 6.07) is 24.3. The first-order chi connectivity index (χ1) is 11.2. The van der Waals surface area contributed by atoms with E-state index in [1.165, 1.54) is 10.8 Å². The van der Waals surface area contributed by atoms with Crippen LogP contribution in [0, 0.1) is 0 Å². The maximum atomic E-state index is 12.1. The van der Waals surface area contributed by atoms with E-state index in [0.717, 1.165) is 11.1 Å². The van der Waals surface area contributed by atoms with Gasteiger partial charge >= 0.3 is 0 Å². The molecule has 0 radical (unpaired) electrons. The molecule has 1 N–H and O–H groups in total. The topological polar surface area (TPSA) is 29.1 Å². The highest BCUT2D eigenvalue weighted by atomic mass is 16.1. The number of hydrogen-bond donors (Lipinski definition) is 1. The van der Waals surface area contributed by atoms with Crippen LogP contribution < -0.4 is 5.32 Å². The fraction of sp³-hybridized carbons (Fsp3) is 0.0952. The highest BCUT2D eigenvalue weighted by Crippen LogP contribution is 2.20. The van der Waals surface area contributed by atoms with Gasteiger partial charge in [-0.3, -0.25) is 4.79 Å². The molecule has 3 aromatic rings. The number of hydrogen-bond acceptors (Lipinski definition) is 1. The van der Waals surface area contributed by atoms with Gasteiger partial charge in [0, 0.05) is 6.08 Å². The Morgan fingerprint density at radius 2 is 1.61 bits per heavy atom. The van der Waals surface area contributed by atoms with E-state index in [4.69, 9.17) is 0 Å². The number of benzene rings is 3. The van der Waals surface area contributed by atoms with Gasteiger partial charge in [0.05, 0.1) is 6.04 Å². The van der Waals surface area contributed by atoms with Crippen molar-refractivity contribution in [3.8, 4) is 0 Å². The quantitative estimate of drug-likeness (QED) is 0.693. The molecule has 0 bridgehead atoms. The largest absolute Gasteiger partial charge is 0.346 e. The van der Waals surface area contributed by atoms with Crippen LogP contribution in [0.4, 0.5) is 0 Å². The molecule has 114 valence electrons. The summed E-state index contributed by atoms with van der Waals surface area (Å²) in [7, 11) is 0. The molecule has 0 saturated heterocycles. The molecule has 0 fully saturated rings. The standard InChI is InChI=1S/C21H19NO/c1-16(19-13-12-18-9-5-6-10-20(18)15-19)22-21(23)14-11-17-7-3-2-4-8-17/h2-16H,1H3,(H,22,23)/b14-11+. The maximum absolute atomic E-state index is 12.1. The number of nitrogens with one attached hydrogen (secondary N) is 1. The number of fused-ring (bicyclic) bond motifs is 1. The minimum atomic E-state index is -0.0884. The first kappa shape index (κ1) is 15.0. The van der Waals surface area contributed by atoms with Crippen LogP contribution in [0.15, 0.2) is 78.9 Å². The molecule has 1 amide bonds. The molecule has 1 unspecified atom stereocenters. The van der Waals surface area contributed by atoms with Crippen LogP contribution in [0.5, 0.6) is 0 Å². The summed E-state index contributed by atoms with van der Waals surface area (Å²) in [4.78, 5) is 12.1. The molecule has 0 aromatic heterocycles. The van der Waals surface area contributed by atoms with Gasteiger partial charge in [-0.15, -0.1) is 0 Å². The van der Waals surface area contributed by atoms with Gasteiger partial charge in [-0.2, -0.15) is 0 Å². The van der Waals surface area contributed by atoms with E-state index in [-0.39, 0.29) is 11.9 Å². The van der Waals surface area contributed by atoms with Gasteiger partial charge in [0.2, 0.25) is 5.91 Å². The number of carbonyl (C=O) groups excluding carboxylic acids is 1. The zero-order valence-electron chi connectivity index (χ0n) is 13.1. The predicted molar refractivity (Wildman–Crippen MR) is 96.0 cm³/mol. The monoisotopic (exact) mass is 301 g/mol. The number of rotatable bonds is 4. The van der Waals surface area contributed by atoms with E-state index in [1.54, 1.807) is 6.08 Å². The van der Waals surface area contributed by atoms with Crippen LogP contribution in [-0.4, -0.2) is 5.91 Å². The molecule has 0 aliphatic heterocycles. The number of amides is 1. The van der Waals surface area contributed by atoms with E-state index < -0.39 is 0 Å². The Morgan fingerprint density at radius 1 is 0.913 bits per heavy atom. The molecule has 0 aliphatic rings. The van der Waals surface area contributed by atoms with Crippen LogP contribution >= 0.6 is 0 Å². The van der Waals surface area contributed by atoms with Gasteiger partial charge in [-0.25, -0.2) is 0 Å². The van der Waals surface area contributed by atoms with Gasteiger partial charge in [0.15, 0.2) is 0 Å². The summed E-state index contributed by atoms with van der Waals surface area (Å²) < 4.78 is 0. The minimum Gasteiger partial charge on any atom is -0.346 e. The van der Waals surface area contributed by atoms with E-state index in [0.29, 0.717) is 0 Å². The lowest BCUT2D eigenvalue weighted by atomic mass is 10.0. The highest BCUT2D eigenvalue weighted by Gasteiger charge is 2.08. The van der Waals surface area contributed by atoms with Crippen molar-refractivity contribution in [1.29, 1.82) is 0 Å². The van der Waals surface area contributed by atoms with Gasteiger partial charge in [0.25, 0.3) is 0 Å². The average molecular weight is 301 g/mol. The van der Waals surface area contributed by atoms with Crippen molar-refractivity contribution in [3.63, 3.8) is 0 Å². The lowest BCUT2D eigenvalue weighted by Gasteiger charge is -2.13.